The van der Waals surface area contributed by atoms with Gasteiger partial charge in [-0.3, -0.25) is 9.59 Å². The van der Waals surface area contributed by atoms with Crippen LogP contribution in [0.4, 0.5) is 0 Å². The third-order valence-corrected chi connectivity index (χ3v) is 7.74. The summed E-state index contributed by atoms with van der Waals surface area (Å²) in [6.45, 7) is 2.66. The van der Waals surface area contributed by atoms with Crippen LogP contribution in [-0.4, -0.2) is 57.3 Å². The Bertz CT molecular complexity index is 1030. The molecule has 1 aliphatic heterocycles. The molecular formula is C24H31N3O5S. The lowest BCUT2D eigenvalue weighted by molar-refractivity contribution is -0.131. The molecule has 1 heterocycles. The topological polar surface area (TPSA) is 105 Å². The molecule has 178 valence electrons. The van der Waals surface area contributed by atoms with Gasteiger partial charge in [0.2, 0.25) is 21.8 Å². The summed E-state index contributed by atoms with van der Waals surface area (Å²) in [5, 5.41) is 5.60. The number of benzene rings is 2. The second kappa shape index (κ2) is 11.3. The van der Waals surface area contributed by atoms with Gasteiger partial charge in [0.1, 0.15) is 11.8 Å². The van der Waals surface area contributed by atoms with E-state index in [0.717, 1.165) is 11.3 Å². The number of nitrogens with zero attached hydrogens (tertiary/aromatic N) is 1. The van der Waals surface area contributed by atoms with Gasteiger partial charge >= 0.3 is 0 Å². The summed E-state index contributed by atoms with van der Waals surface area (Å²) in [5.41, 5.74) is 1.07. The second-order valence-electron chi connectivity index (χ2n) is 8.11. The Morgan fingerprint density at radius 1 is 1.06 bits per heavy atom. The SMILES string of the molecule is COc1ccc(CCNC(=O)C(C)NC(=O)C2CCN(S(=O)(=O)c3ccccc3)CC2)cc1. The first kappa shape index (κ1) is 24.7. The molecule has 0 radical (unpaired) electrons. The van der Waals surface area contributed by atoms with Gasteiger partial charge in [0, 0.05) is 25.6 Å². The highest BCUT2D eigenvalue weighted by atomic mass is 32.2. The lowest BCUT2D eigenvalue weighted by Gasteiger charge is -2.31. The molecule has 1 aliphatic rings. The molecule has 8 nitrogen and oxygen atoms in total. The van der Waals surface area contributed by atoms with Crippen LogP contribution in [0, 0.1) is 5.92 Å². The zero-order valence-corrected chi connectivity index (χ0v) is 19.8. The van der Waals surface area contributed by atoms with Crippen LogP contribution >= 0.6 is 0 Å². The van der Waals surface area contributed by atoms with Crippen molar-refractivity contribution < 1.29 is 22.7 Å². The fraction of sp³-hybridized carbons (Fsp3) is 0.417. The molecule has 1 saturated heterocycles. The van der Waals surface area contributed by atoms with Crippen LogP contribution in [0.3, 0.4) is 0 Å². The molecule has 0 aliphatic carbocycles. The molecule has 1 unspecified atom stereocenters. The first-order chi connectivity index (χ1) is 15.8. The normalized spacial score (nSPS) is 16.1. The minimum atomic E-state index is -3.55. The molecule has 0 bridgehead atoms. The first-order valence-corrected chi connectivity index (χ1v) is 12.5. The van der Waals surface area contributed by atoms with Crippen LogP contribution in [0.5, 0.6) is 5.75 Å². The second-order valence-corrected chi connectivity index (χ2v) is 10.0. The maximum Gasteiger partial charge on any atom is 0.243 e. The van der Waals surface area contributed by atoms with Crippen LogP contribution in [0.15, 0.2) is 59.5 Å². The number of carbonyl (C=O) groups is 2. The van der Waals surface area contributed by atoms with E-state index in [1.165, 1.54) is 4.31 Å². The van der Waals surface area contributed by atoms with Crippen LogP contribution in [0.1, 0.15) is 25.3 Å². The van der Waals surface area contributed by atoms with E-state index in [1.807, 2.05) is 24.3 Å². The van der Waals surface area contributed by atoms with E-state index >= 15 is 0 Å². The molecule has 0 aromatic heterocycles. The van der Waals surface area contributed by atoms with Gasteiger partial charge in [-0.05, 0) is 56.0 Å². The van der Waals surface area contributed by atoms with Gasteiger partial charge in [-0.25, -0.2) is 8.42 Å². The summed E-state index contributed by atoms with van der Waals surface area (Å²) in [7, 11) is -1.94. The van der Waals surface area contributed by atoms with Gasteiger partial charge in [-0.1, -0.05) is 30.3 Å². The number of piperidine rings is 1. The van der Waals surface area contributed by atoms with Crippen molar-refractivity contribution in [3.8, 4) is 5.75 Å². The van der Waals surface area contributed by atoms with E-state index < -0.39 is 16.1 Å². The van der Waals surface area contributed by atoms with Crippen LogP contribution in [0.2, 0.25) is 0 Å². The molecule has 1 fully saturated rings. The number of ether oxygens (including phenoxy) is 1. The summed E-state index contributed by atoms with van der Waals surface area (Å²) in [4.78, 5) is 25.2. The number of methoxy groups -OCH3 is 1. The first-order valence-electron chi connectivity index (χ1n) is 11.1. The Balaban J connectivity index is 1.42. The van der Waals surface area contributed by atoms with Crippen LogP contribution in [-0.2, 0) is 26.0 Å². The zero-order valence-electron chi connectivity index (χ0n) is 19.0. The fourth-order valence-electron chi connectivity index (χ4n) is 3.77. The van der Waals surface area contributed by atoms with Crippen molar-refractivity contribution in [3.63, 3.8) is 0 Å². The smallest absolute Gasteiger partial charge is 0.243 e. The van der Waals surface area contributed by atoms with Crippen molar-refractivity contribution in [3.05, 3.63) is 60.2 Å². The van der Waals surface area contributed by atoms with Crippen molar-refractivity contribution >= 4 is 21.8 Å². The van der Waals surface area contributed by atoms with Gasteiger partial charge < -0.3 is 15.4 Å². The third-order valence-electron chi connectivity index (χ3n) is 5.83. The van der Waals surface area contributed by atoms with Gasteiger partial charge in [0.05, 0.1) is 12.0 Å². The van der Waals surface area contributed by atoms with Gasteiger partial charge in [0.15, 0.2) is 0 Å². The largest absolute Gasteiger partial charge is 0.497 e. The third kappa shape index (κ3) is 6.55. The zero-order chi connectivity index (χ0) is 23.8. The Morgan fingerprint density at radius 3 is 2.30 bits per heavy atom. The Labute approximate surface area is 195 Å². The summed E-state index contributed by atoms with van der Waals surface area (Å²) in [5.74, 6) is -0.00472. The predicted octanol–water partition coefficient (Wildman–Crippen LogP) is 1.96. The number of carbonyl (C=O) groups excluding carboxylic acids is 2. The molecule has 0 spiro atoms. The molecule has 2 aromatic carbocycles. The average Bonchev–Trinajstić information content (AvgIpc) is 2.85. The van der Waals surface area contributed by atoms with E-state index in [9.17, 15) is 18.0 Å². The highest BCUT2D eigenvalue weighted by Crippen LogP contribution is 2.24. The summed E-state index contributed by atoms with van der Waals surface area (Å²) >= 11 is 0. The maximum atomic E-state index is 12.7. The van der Waals surface area contributed by atoms with Crippen molar-refractivity contribution in [1.82, 2.24) is 14.9 Å². The summed E-state index contributed by atoms with van der Waals surface area (Å²) in [6, 6.07) is 15.3. The highest BCUT2D eigenvalue weighted by Gasteiger charge is 2.32. The van der Waals surface area contributed by atoms with Crippen molar-refractivity contribution in [2.45, 2.75) is 37.1 Å². The molecule has 2 N–H and O–H groups in total. The maximum absolute atomic E-state index is 12.7. The number of rotatable bonds is 9. The number of amides is 2. The predicted molar refractivity (Wildman–Crippen MR) is 125 cm³/mol. The highest BCUT2D eigenvalue weighted by molar-refractivity contribution is 7.89. The molecule has 9 heteroatoms. The van der Waals surface area contributed by atoms with E-state index in [4.69, 9.17) is 4.74 Å². The molecule has 2 aromatic rings. The number of hydrogen-bond acceptors (Lipinski definition) is 5. The monoisotopic (exact) mass is 473 g/mol. The van der Waals surface area contributed by atoms with Gasteiger partial charge in [-0.15, -0.1) is 0 Å². The van der Waals surface area contributed by atoms with Crippen molar-refractivity contribution in [1.29, 1.82) is 0 Å². The van der Waals surface area contributed by atoms with Crippen LogP contribution < -0.4 is 15.4 Å². The summed E-state index contributed by atoms with van der Waals surface area (Å²) in [6.07, 6.45) is 1.51. The molecule has 1 atom stereocenters. The number of sulfonamides is 1. The van der Waals surface area contributed by atoms with Crippen molar-refractivity contribution in [2.24, 2.45) is 5.92 Å². The Kier molecular flexibility index (Phi) is 8.46. The quantitative estimate of drug-likeness (QED) is 0.579. The Hall–Kier alpha value is -2.91. The van der Waals surface area contributed by atoms with E-state index in [2.05, 4.69) is 10.6 Å². The lowest BCUT2D eigenvalue weighted by atomic mass is 9.97. The van der Waals surface area contributed by atoms with Crippen LogP contribution in [0.25, 0.3) is 0 Å². The molecule has 33 heavy (non-hydrogen) atoms. The summed E-state index contributed by atoms with van der Waals surface area (Å²) < 4.78 is 32.0. The number of hydrogen-bond donors (Lipinski definition) is 2. The van der Waals surface area contributed by atoms with Crippen molar-refractivity contribution in [2.75, 3.05) is 26.7 Å². The minimum absolute atomic E-state index is 0.218. The molecule has 3 rings (SSSR count). The Morgan fingerprint density at radius 2 is 1.70 bits per heavy atom. The number of nitrogens with one attached hydrogen (secondary N) is 2. The average molecular weight is 474 g/mol. The molecular weight excluding hydrogens is 442 g/mol. The minimum Gasteiger partial charge on any atom is -0.497 e. The van der Waals surface area contributed by atoms with E-state index in [-0.39, 0.29) is 35.7 Å². The standard InChI is InChI=1S/C24H31N3O5S/c1-18(23(28)25-15-12-19-8-10-21(32-2)11-9-19)26-24(29)20-13-16-27(17-14-20)33(30,31)22-6-4-3-5-7-22/h3-11,18,20H,12-17H2,1-2H3,(H,25,28)(H,26,29). The lowest BCUT2D eigenvalue weighted by Crippen LogP contribution is -2.49. The fourth-order valence-corrected chi connectivity index (χ4v) is 5.26. The van der Waals surface area contributed by atoms with E-state index in [0.29, 0.717) is 25.8 Å². The van der Waals surface area contributed by atoms with E-state index in [1.54, 1.807) is 44.4 Å². The van der Waals surface area contributed by atoms with Gasteiger partial charge in [-0.2, -0.15) is 4.31 Å². The molecule has 0 saturated carbocycles. The van der Waals surface area contributed by atoms with Gasteiger partial charge in [0.25, 0.3) is 0 Å². The molecule has 2 amide bonds.